The third kappa shape index (κ3) is 4.46. The number of nitrogens with one attached hydrogen (secondary N) is 1. The number of hydrogen-bond donors (Lipinski definition) is 1. The molecule has 2 nitrogen and oxygen atoms in total. The zero-order valence-corrected chi connectivity index (χ0v) is 12.7. The van der Waals surface area contributed by atoms with Crippen LogP contribution < -0.4 is 5.32 Å². The van der Waals surface area contributed by atoms with Crippen molar-refractivity contribution in [3.63, 3.8) is 0 Å². The van der Waals surface area contributed by atoms with E-state index in [0.29, 0.717) is 0 Å². The van der Waals surface area contributed by atoms with Crippen molar-refractivity contribution in [1.29, 1.82) is 0 Å². The van der Waals surface area contributed by atoms with Crippen LogP contribution in [0.4, 0.5) is 0 Å². The van der Waals surface area contributed by atoms with Crippen molar-refractivity contribution in [2.24, 2.45) is 0 Å². The van der Waals surface area contributed by atoms with Gasteiger partial charge in [-0.15, -0.1) is 0 Å². The van der Waals surface area contributed by atoms with Crippen molar-refractivity contribution < 1.29 is 0 Å². The van der Waals surface area contributed by atoms with Crippen LogP contribution in [0.15, 0.2) is 48.8 Å². The second-order valence-corrected chi connectivity index (χ2v) is 6.23. The first-order valence-corrected chi connectivity index (χ1v) is 7.25. The predicted molar refractivity (Wildman–Crippen MR) is 84.8 cm³/mol. The van der Waals surface area contributed by atoms with E-state index in [-0.39, 0.29) is 5.41 Å². The zero-order valence-electron chi connectivity index (χ0n) is 12.7. The first-order valence-electron chi connectivity index (χ1n) is 7.25. The summed E-state index contributed by atoms with van der Waals surface area (Å²) in [6.45, 7) is 8.65. The van der Waals surface area contributed by atoms with Gasteiger partial charge in [-0.25, -0.2) is 0 Å². The van der Waals surface area contributed by atoms with E-state index >= 15 is 0 Å². The maximum Gasteiger partial charge on any atom is 0.0270 e. The highest BCUT2D eigenvalue weighted by atomic mass is 14.8. The lowest BCUT2D eigenvalue weighted by molar-refractivity contribution is 0.589. The van der Waals surface area contributed by atoms with Crippen LogP contribution in [-0.2, 0) is 18.4 Å². The highest BCUT2D eigenvalue weighted by molar-refractivity contribution is 5.27. The topological polar surface area (TPSA) is 24.9 Å². The molecule has 0 saturated carbocycles. The van der Waals surface area contributed by atoms with Crippen LogP contribution in [0.2, 0.25) is 0 Å². The van der Waals surface area contributed by atoms with E-state index in [4.69, 9.17) is 0 Å². The fourth-order valence-electron chi connectivity index (χ4n) is 2.14. The van der Waals surface area contributed by atoms with Crippen molar-refractivity contribution in [2.75, 3.05) is 6.54 Å². The van der Waals surface area contributed by atoms with Gasteiger partial charge in [0.25, 0.3) is 0 Å². The number of rotatable bonds is 5. The summed E-state index contributed by atoms with van der Waals surface area (Å²) in [5.41, 5.74) is 4.29. The van der Waals surface area contributed by atoms with Crippen molar-refractivity contribution in [1.82, 2.24) is 10.3 Å². The first kappa shape index (κ1) is 14.7. The number of benzene rings is 1. The molecular weight excluding hydrogens is 244 g/mol. The van der Waals surface area contributed by atoms with Gasteiger partial charge in [-0.05, 0) is 47.2 Å². The van der Waals surface area contributed by atoms with E-state index < -0.39 is 0 Å². The average Bonchev–Trinajstić information content (AvgIpc) is 2.44. The van der Waals surface area contributed by atoms with Gasteiger partial charge in [0, 0.05) is 18.9 Å². The fraction of sp³-hybridized carbons (Fsp3) is 0.389. The van der Waals surface area contributed by atoms with Crippen LogP contribution in [0.5, 0.6) is 0 Å². The lowest BCUT2D eigenvalue weighted by Gasteiger charge is -2.19. The van der Waals surface area contributed by atoms with Gasteiger partial charge in [0.1, 0.15) is 0 Å². The molecule has 0 spiro atoms. The summed E-state index contributed by atoms with van der Waals surface area (Å²) in [4.78, 5) is 4.03. The highest BCUT2D eigenvalue weighted by Crippen LogP contribution is 2.22. The predicted octanol–water partition coefficient (Wildman–Crippen LogP) is 3.71. The van der Waals surface area contributed by atoms with Gasteiger partial charge in [-0.1, -0.05) is 45.0 Å². The first-order chi connectivity index (χ1) is 9.55. The minimum Gasteiger partial charge on any atom is -0.312 e. The quantitative estimate of drug-likeness (QED) is 0.836. The monoisotopic (exact) mass is 268 g/mol. The Hall–Kier alpha value is -1.67. The van der Waals surface area contributed by atoms with Crippen LogP contribution in [0.1, 0.15) is 37.5 Å². The second kappa shape index (κ2) is 6.67. The number of pyridine rings is 1. The minimum absolute atomic E-state index is 0.229. The Morgan fingerprint density at radius 3 is 2.15 bits per heavy atom. The van der Waals surface area contributed by atoms with Gasteiger partial charge >= 0.3 is 0 Å². The van der Waals surface area contributed by atoms with Crippen LogP contribution in [-0.4, -0.2) is 11.5 Å². The van der Waals surface area contributed by atoms with Gasteiger partial charge < -0.3 is 5.32 Å². The second-order valence-electron chi connectivity index (χ2n) is 6.23. The molecule has 0 saturated heterocycles. The van der Waals surface area contributed by atoms with Crippen molar-refractivity contribution in [2.45, 2.75) is 39.2 Å². The smallest absolute Gasteiger partial charge is 0.0270 e. The molecule has 0 amide bonds. The Bertz CT molecular complexity index is 509. The van der Waals surface area contributed by atoms with Crippen molar-refractivity contribution >= 4 is 0 Å². The molecule has 2 heteroatoms. The van der Waals surface area contributed by atoms with Gasteiger partial charge in [-0.3, -0.25) is 4.98 Å². The molecule has 0 aliphatic rings. The maximum atomic E-state index is 4.03. The Morgan fingerprint density at radius 1 is 0.900 bits per heavy atom. The molecular formula is C18H24N2. The summed E-state index contributed by atoms with van der Waals surface area (Å²) in [6, 6.07) is 13.1. The summed E-state index contributed by atoms with van der Waals surface area (Å²) in [7, 11) is 0. The van der Waals surface area contributed by atoms with Crippen molar-refractivity contribution in [3.8, 4) is 0 Å². The molecule has 106 valence electrons. The molecule has 0 aliphatic heterocycles. The number of nitrogens with zero attached hydrogens (tertiary/aromatic N) is 1. The average molecular weight is 268 g/mol. The van der Waals surface area contributed by atoms with E-state index in [1.165, 1.54) is 16.7 Å². The SMILES string of the molecule is CC(C)(C)c1ccc(CNCCc2ccncc2)cc1. The van der Waals surface area contributed by atoms with E-state index in [0.717, 1.165) is 19.5 Å². The van der Waals surface area contributed by atoms with Crippen LogP contribution in [0.25, 0.3) is 0 Å². The third-order valence-electron chi connectivity index (χ3n) is 3.49. The Labute approximate surface area is 122 Å². The van der Waals surface area contributed by atoms with E-state index in [1.807, 2.05) is 12.4 Å². The molecule has 0 bridgehead atoms. The Balaban J connectivity index is 1.77. The molecule has 0 radical (unpaired) electrons. The fourth-order valence-corrected chi connectivity index (χ4v) is 2.14. The molecule has 20 heavy (non-hydrogen) atoms. The standard InChI is InChI=1S/C18H24N2/c1-18(2,3)17-6-4-16(5-7-17)14-20-13-10-15-8-11-19-12-9-15/h4-9,11-12,20H,10,13-14H2,1-3H3. The summed E-state index contributed by atoms with van der Waals surface area (Å²) in [5, 5.41) is 3.49. The normalized spacial score (nSPS) is 11.6. The van der Waals surface area contributed by atoms with Crippen molar-refractivity contribution in [3.05, 3.63) is 65.5 Å². The minimum atomic E-state index is 0.229. The highest BCUT2D eigenvalue weighted by Gasteiger charge is 2.12. The Morgan fingerprint density at radius 2 is 1.55 bits per heavy atom. The molecule has 1 heterocycles. The van der Waals surface area contributed by atoms with Gasteiger partial charge in [0.15, 0.2) is 0 Å². The van der Waals surface area contributed by atoms with Crippen LogP contribution in [0.3, 0.4) is 0 Å². The third-order valence-corrected chi connectivity index (χ3v) is 3.49. The molecule has 0 aliphatic carbocycles. The molecule has 1 aromatic carbocycles. The van der Waals surface area contributed by atoms with E-state index in [2.05, 4.69) is 67.5 Å². The molecule has 0 fully saturated rings. The maximum absolute atomic E-state index is 4.03. The van der Waals surface area contributed by atoms with Gasteiger partial charge in [0.2, 0.25) is 0 Å². The lowest BCUT2D eigenvalue weighted by atomic mass is 9.87. The summed E-state index contributed by atoms with van der Waals surface area (Å²) in [5.74, 6) is 0. The van der Waals surface area contributed by atoms with Gasteiger partial charge in [-0.2, -0.15) is 0 Å². The molecule has 0 unspecified atom stereocenters. The number of hydrogen-bond acceptors (Lipinski definition) is 2. The zero-order chi connectivity index (χ0) is 14.4. The largest absolute Gasteiger partial charge is 0.312 e. The molecule has 0 atom stereocenters. The lowest BCUT2D eigenvalue weighted by Crippen LogP contribution is -2.17. The molecule has 1 N–H and O–H groups in total. The summed E-state index contributed by atoms with van der Waals surface area (Å²) < 4.78 is 0. The summed E-state index contributed by atoms with van der Waals surface area (Å²) in [6.07, 6.45) is 4.74. The van der Waals surface area contributed by atoms with Gasteiger partial charge in [0.05, 0.1) is 0 Å². The Kier molecular flexibility index (Phi) is 4.91. The molecule has 1 aromatic heterocycles. The number of aromatic nitrogens is 1. The van der Waals surface area contributed by atoms with E-state index in [9.17, 15) is 0 Å². The summed E-state index contributed by atoms with van der Waals surface area (Å²) >= 11 is 0. The van der Waals surface area contributed by atoms with Crippen LogP contribution in [0, 0.1) is 0 Å². The van der Waals surface area contributed by atoms with Crippen LogP contribution >= 0.6 is 0 Å². The molecule has 2 aromatic rings. The van der Waals surface area contributed by atoms with E-state index in [1.54, 1.807) is 0 Å². The molecule has 2 rings (SSSR count).